The summed E-state index contributed by atoms with van der Waals surface area (Å²) in [6.07, 6.45) is 5.34. The molecule has 2 aromatic rings. The van der Waals surface area contributed by atoms with E-state index in [1.54, 1.807) is 12.4 Å². The minimum atomic E-state index is -1.48. The maximum atomic E-state index is 12.4. The molecule has 3 amide bonds. The number of rotatable bonds is 24. The SMILES string of the molecule is CCCC(CN(Cc1ccccn1)Cc1ccccn1)OCCC(=O)NCCCC[C@H](NC(=O)N[C@@H](CCC(=O)O)C(=O)O)C(=O)O. The number of urea groups is 1. The fourth-order valence-electron chi connectivity index (χ4n) is 4.71. The summed E-state index contributed by atoms with van der Waals surface area (Å²) < 4.78 is 6.13. The average Bonchev–Trinajstić information content (AvgIpc) is 3.03. The van der Waals surface area contributed by atoms with Crippen LogP contribution in [0.4, 0.5) is 4.79 Å². The predicted octanol–water partition coefficient (Wildman–Crippen LogP) is 2.41. The Morgan fingerprint density at radius 2 is 1.40 bits per heavy atom. The summed E-state index contributed by atoms with van der Waals surface area (Å²) in [5, 5.41) is 34.4. The molecular weight excluding hydrogens is 612 g/mol. The number of carboxylic acids is 3. The van der Waals surface area contributed by atoms with E-state index >= 15 is 0 Å². The molecule has 258 valence electrons. The summed E-state index contributed by atoms with van der Waals surface area (Å²) in [5.41, 5.74) is 1.87. The predicted molar refractivity (Wildman–Crippen MR) is 170 cm³/mol. The molecule has 3 atom stereocenters. The van der Waals surface area contributed by atoms with Gasteiger partial charge in [-0.05, 0) is 56.4 Å². The topological polar surface area (TPSA) is 220 Å². The molecule has 1 unspecified atom stereocenters. The molecule has 0 radical (unpaired) electrons. The van der Waals surface area contributed by atoms with E-state index in [1.165, 1.54) is 0 Å². The van der Waals surface area contributed by atoms with Crippen LogP contribution in [-0.4, -0.2) is 97.9 Å². The van der Waals surface area contributed by atoms with E-state index in [2.05, 4.69) is 37.7 Å². The molecule has 2 rings (SSSR count). The lowest BCUT2D eigenvalue weighted by atomic mass is 10.1. The second-order valence-corrected chi connectivity index (χ2v) is 11.0. The number of amides is 3. The Balaban J connectivity index is 1.74. The number of carbonyl (C=O) groups is 5. The van der Waals surface area contributed by atoms with Gasteiger partial charge in [-0.3, -0.25) is 24.5 Å². The summed E-state index contributed by atoms with van der Waals surface area (Å²) in [4.78, 5) is 69.2. The van der Waals surface area contributed by atoms with Crippen LogP contribution in [0.15, 0.2) is 48.8 Å². The van der Waals surface area contributed by atoms with Crippen LogP contribution >= 0.6 is 0 Å². The highest BCUT2D eigenvalue weighted by Crippen LogP contribution is 2.12. The van der Waals surface area contributed by atoms with Gasteiger partial charge in [0.1, 0.15) is 12.1 Å². The lowest BCUT2D eigenvalue weighted by molar-refractivity contribution is -0.140. The van der Waals surface area contributed by atoms with Crippen molar-refractivity contribution in [2.24, 2.45) is 0 Å². The Bertz CT molecular complexity index is 1210. The first kappa shape index (κ1) is 38.6. The van der Waals surface area contributed by atoms with Crippen LogP contribution in [0.3, 0.4) is 0 Å². The van der Waals surface area contributed by atoms with E-state index in [0.717, 1.165) is 24.2 Å². The molecule has 0 fully saturated rings. The molecule has 0 saturated heterocycles. The standard InChI is InChI=1S/C32H46N6O9/c1-2-9-25(22-38(20-23-10-3-6-16-33-23)21-24-11-4-7-17-34-24)47-19-15-28(39)35-18-8-5-12-26(30(42)43)36-32(46)37-27(31(44)45)13-14-29(40)41/h3-4,6-7,10-11,16-17,25-27H,2,5,8-9,12-15,18-22H2,1H3,(H,35,39)(H,40,41)(H,42,43)(H,44,45)(H2,36,37,46)/t25?,26-,27-/m0/s1. The normalized spacial score (nSPS) is 12.9. The first-order valence-electron chi connectivity index (χ1n) is 15.7. The molecule has 0 aliphatic rings. The number of ether oxygens (including phenoxy) is 1. The number of aromatic nitrogens is 2. The number of hydrogen-bond acceptors (Lipinski definition) is 9. The van der Waals surface area contributed by atoms with Crippen molar-refractivity contribution >= 4 is 29.8 Å². The number of nitrogens with zero attached hydrogens (tertiary/aromatic N) is 3. The Kier molecular flexibility index (Phi) is 18.0. The number of aliphatic carboxylic acids is 3. The first-order valence-corrected chi connectivity index (χ1v) is 15.7. The van der Waals surface area contributed by atoms with Gasteiger partial charge in [-0.25, -0.2) is 14.4 Å². The van der Waals surface area contributed by atoms with E-state index in [0.29, 0.717) is 39.0 Å². The van der Waals surface area contributed by atoms with Gasteiger partial charge in [-0.15, -0.1) is 0 Å². The maximum Gasteiger partial charge on any atom is 0.326 e. The van der Waals surface area contributed by atoms with Crippen molar-refractivity contribution in [2.45, 2.75) is 89.6 Å². The highest BCUT2D eigenvalue weighted by atomic mass is 16.5. The van der Waals surface area contributed by atoms with Crippen LogP contribution in [0, 0.1) is 0 Å². The van der Waals surface area contributed by atoms with Gasteiger partial charge in [-0.2, -0.15) is 0 Å². The summed E-state index contributed by atoms with van der Waals surface area (Å²) >= 11 is 0. The molecule has 47 heavy (non-hydrogen) atoms. The molecule has 0 bridgehead atoms. The molecule has 0 aliphatic carbocycles. The van der Waals surface area contributed by atoms with Crippen molar-refractivity contribution < 1.29 is 44.0 Å². The quantitative estimate of drug-likeness (QED) is 0.0896. The highest BCUT2D eigenvalue weighted by molar-refractivity contribution is 5.86. The van der Waals surface area contributed by atoms with Crippen molar-refractivity contribution in [3.05, 3.63) is 60.2 Å². The minimum Gasteiger partial charge on any atom is -0.481 e. The highest BCUT2D eigenvalue weighted by Gasteiger charge is 2.25. The van der Waals surface area contributed by atoms with Gasteiger partial charge in [0.15, 0.2) is 0 Å². The third-order valence-electron chi connectivity index (χ3n) is 7.07. The monoisotopic (exact) mass is 658 g/mol. The molecule has 15 nitrogen and oxygen atoms in total. The summed E-state index contributed by atoms with van der Waals surface area (Å²) in [6.45, 7) is 4.51. The third-order valence-corrected chi connectivity index (χ3v) is 7.07. The molecule has 0 spiro atoms. The van der Waals surface area contributed by atoms with E-state index in [1.807, 2.05) is 36.4 Å². The zero-order chi connectivity index (χ0) is 34.4. The molecule has 0 saturated carbocycles. The van der Waals surface area contributed by atoms with Crippen LogP contribution in [0.1, 0.15) is 69.7 Å². The average molecular weight is 659 g/mol. The van der Waals surface area contributed by atoms with Gasteiger partial charge in [0, 0.05) is 51.4 Å². The zero-order valence-corrected chi connectivity index (χ0v) is 26.7. The Hall–Kier alpha value is -4.63. The third kappa shape index (κ3) is 17.0. The number of nitrogens with one attached hydrogen (secondary N) is 3. The van der Waals surface area contributed by atoms with Crippen LogP contribution in [-0.2, 0) is 37.0 Å². The fourth-order valence-corrected chi connectivity index (χ4v) is 4.71. The Morgan fingerprint density at radius 3 is 1.91 bits per heavy atom. The van der Waals surface area contributed by atoms with Crippen molar-refractivity contribution in [3.63, 3.8) is 0 Å². The van der Waals surface area contributed by atoms with E-state index in [9.17, 15) is 29.1 Å². The number of unbranched alkanes of at least 4 members (excludes halogenated alkanes) is 1. The Morgan fingerprint density at radius 1 is 0.809 bits per heavy atom. The van der Waals surface area contributed by atoms with Crippen LogP contribution < -0.4 is 16.0 Å². The number of carboxylic acid groups (broad SMARTS) is 3. The number of carbonyl (C=O) groups excluding carboxylic acids is 2. The Labute approximate surface area is 274 Å². The van der Waals surface area contributed by atoms with E-state index < -0.39 is 42.4 Å². The summed E-state index contributed by atoms with van der Waals surface area (Å²) in [5.74, 6) is -4.16. The number of pyridine rings is 2. The van der Waals surface area contributed by atoms with Crippen LogP contribution in [0.2, 0.25) is 0 Å². The lowest BCUT2D eigenvalue weighted by Crippen LogP contribution is -2.51. The van der Waals surface area contributed by atoms with Crippen molar-refractivity contribution in [3.8, 4) is 0 Å². The van der Waals surface area contributed by atoms with Gasteiger partial charge in [-0.1, -0.05) is 25.5 Å². The second kappa shape index (κ2) is 22.0. The molecule has 0 aliphatic heterocycles. The summed E-state index contributed by atoms with van der Waals surface area (Å²) in [6, 6.07) is 7.81. The van der Waals surface area contributed by atoms with E-state index in [4.69, 9.17) is 14.9 Å². The maximum absolute atomic E-state index is 12.4. The smallest absolute Gasteiger partial charge is 0.326 e. The van der Waals surface area contributed by atoms with Gasteiger partial charge in [0.25, 0.3) is 0 Å². The van der Waals surface area contributed by atoms with Crippen LogP contribution in [0.25, 0.3) is 0 Å². The van der Waals surface area contributed by atoms with Gasteiger partial charge < -0.3 is 36.0 Å². The molecule has 0 aromatic carbocycles. The molecule has 2 aromatic heterocycles. The van der Waals surface area contributed by atoms with E-state index in [-0.39, 0.29) is 37.9 Å². The molecule has 15 heteroatoms. The second-order valence-electron chi connectivity index (χ2n) is 11.0. The lowest BCUT2D eigenvalue weighted by Gasteiger charge is -2.27. The van der Waals surface area contributed by atoms with Crippen molar-refractivity contribution in [1.29, 1.82) is 0 Å². The number of hydrogen-bond donors (Lipinski definition) is 6. The first-order chi connectivity index (χ1) is 22.6. The fraction of sp³-hybridized carbons (Fsp3) is 0.531. The minimum absolute atomic E-state index is 0.0425. The van der Waals surface area contributed by atoms with Gasteiger partial charge in [0.2, 0.25) is 5.91 Å². The summed E-state index contributed by atoms with van der Waals surface area (Å²) in [7, 11) is 0. The zero-order valence-electron chi connectivity index (χ0n) is 26.7. The van der Waals surface area contributed by atoms with Gasteiger partial charge >= 0.3 is 23.9 Å². The van der Waals surface area contributed by atoms with Crippen molar-refractivity contribution in [1.82, 2.24) is 30.8 Å². The van der Waals surface area contributed by atoms with Crippen LogP contribution in [0.5, 0.6) is 0 Å². The van der Waals surface area contributed by atoms with Crippen molar-refractivity contribution in [2.75, 3.05) is 19.7 Å². The molecule has 2 heterocycles. The van der Waals surface area contributed by atoms with Gasteiger partial charge in [0.05, 0.1) is 24.1 Å². The molecule has 6 N–H and O–H groups in total. The largest absolute Gasteiger partial charge is 0.481 e. The molecular formula is C32H46N6O9.